The van der Waals surface area contributed by atoms with Crippen LogP contribution in [0, 0.1) is 21.4 Å². The third-order valence-corrected chi connectivity index (χ3v) is 2.24. The molecule has 0 atom stereocenters. The predicted molar refractivity (Wildman–Crippen MR) is 64.7 cm³/mol. The van der Waals surface area contributed by atoms with E-state index < -0.39 is 10.8 Å². The molecule has 94 valence electrons. The number of rotatable bonds is 6. The van der Waals surface area contributed by atoms with Crippen LogP contribution in [0.15, 0.2) is 18.2 Å². The summed E-state index contributed by atoms with van der Waals surface area (Å²) in [4.78, 5) is 20.8. The number of benzene rings is 1. The number of nitro groups is 1. The molecule has 0 saturated heterocycles. The molecular weight excluding hydrogens is 236 g/mol. The van der Waals surface area contributed by atoms with Gasteiger partial charge in [0.2, 0.25) is 5.91 Å². The van der Waals surface area contributed by atoms with Crippen molar-refractivity contribution in [1.29, 1.82) is 5.26 Å². The molecule has 1 aromatic carbocycles. The van der Waals surface area contributed by atoms with Gasteiger partial charge in [-0.1, -0.05) is 0 Å². The molecule has 7 nitrogen and oxygen atoms in total. The van der Waals surface area contributed by atoms with E-state index in [0.29, 0.717) is 18.7 Å². The summed E-state index contributed by atoms with van der Waals surface area (Å²) >= 11 is 0. The van der Waals surface area contributed by atoms with Crippen LogP contribution in [-0.4, -0.2) is 17.4 Å². The SMILES string of the molecule is N#Cc1ccc(NCCCC(N)=O)c([N+](=O)[O-])c1. The van der Waals surface area contributed by atoms with Gasteiger partial charge in [0.25, 0.3) is 5.69 Å². The van der Waals surface area contributed by atoms with E-state index in [4.69, 9.17) is 11.0 Å². The number of nitrogens with two attached hydrogens (primary N) is 1. The van der Waals surface area contributed by atoms with Crippen LogP contribution >= 0.6 is 0 Å². The van der Waals surface area contributed by atoms with Crippen LogP contribution in [0.2, 0.25) is 0 Å². The highest BCUT2D eigenvalue weighted by atomic mass is 16.6. The lowest BCUT2D eigenvalue weighted by Crippen LogP contribution is -2.13. The summed E-state index contributed by atoms with van der Waals surface area (Å²) in [5, 5.41) is 22.3. The fraction of sp³-hybridized carbons (Fsp3) is 0.273. The van der Waals surface area contributed by atoms with Gasteiger partial charge in [-0.3, -0.25) is 14.9 Å². The molecule has 0 radical (unpaired) electrons. The number of anilines is 1. The second-order valence-electron chi connectivity index (χ2n) is 3.60. The van der Waals surface area contributed by atoms with E-state index >= 15 is 0 Å². The number of hydrogen-bond donors (Lipinski definition) is 2. The Hall–Kier alpha value is -2.62. The van der Waals surface area contributed by atoms with Gasteiger partial charge in [-0.05, 0) is 18.6 Å². The van der Waals surface area contributed by atoms with Crippen LogP contribution in [0.25, 0.3) is 0 Å². The topological polar surface area (TPSA) is 122 Å². The van der Waals surface area contributed by atoms with Crippen LogP contribution in [-0.2, 0) is 4.79 Å². The van der Waals surface area contributed by atoms with Crippen LogP contribution in [0.1, 0.15) is 18.4 Å². The van der Waals surface area contributed by atoms with Crippen LogP contribution in [0.3, 0.4) is 0 Å². The van der Waals surface area contributed by atoms with Crippen LogP contribution < -0.4 is 11.1 Å². The van der Waals surface area contributed by atoms with Gasteiger partial charge in [0, 0.05) is 19.0 Å². The number of nitriles is 1. The Kier molecular flexibility index (Phi) is 4.63. The van der Waals surface area contributed by atoms with Gasteiger partial charge in [0.1, 0.15) is 5.69 Å². The lowest BCUT2D eigenvalue weighted by Gasteiger charge is -2.06. The van der Waals surface area contributed by atoms with Gasteiger partial charge in [-0.15, -0.1) is 0 Å². The van der Waals surface area contributed by atoms with E-state index in [9.17, 15) is 14.9 Å². The molecular formula is C11H12N4O3. The summed E-state index contributed by atoms with van der Waals surface area (Å²) < 4.78 is 0. The average molecular weight is 248 g/mol. The molecule has 0 spiro atoms. The van der Waals surface area contributed by atoms with Crippen molar-refractivity contribution in [2.24, 2.45) is 5.73 Å². The molecule has 1 amide bonds. The molecule has 0 aliphatic carbocycles. The molecule has 0 aliphatic rings. The van der Waals surface area contributed by atoms with Crippen molar-refractivity contribution in [3.8, 4) is 6.07 Å². The Morgan fingerprint density at radius 2 is 2.28 bits per heavy atom. The zero-order valence-electron chi connectivity index (χ0n) is 9.55. The average Bonchev–Trinajstić information content (AvgIpc) is 2.34. The zero-order valence-corrected chi connectivity index (χ0v) is 9.55. The van der Waals surface area contributed by atoms with Crippen molar-refractivity contribution in [3.05, 3.63) is 33.9 Å². The Labute approximate surface area is 103 Å². The van der Waals surface area contributed by atoms with E-state index in [2.05, 4.69) is 5.32 Å². The first-order chi connectivity index (χ1) is 8.54. The number of nitrogens with one attached hydrogen (secondary N) is 1. The fourth-order valence-electron chi connectivity index (χ4n) is 1.39. The maximum atomic E-state index is 10.8. The van der Waals surface area contributed by atoms with Gasteiger partial charge in [0.15, 0.2) is 0 Å². The van der Waals surface area contributed by atoms with Gasteiger partial charge in [0.05, 0.1) is 16.6 Å². The lowest BCUT2D eigenvalue weighted by molar-refractivity contribution is -0.384. The monoisotopic (exact) mass is 248 g/mol. The highest BCUT2D eigenvalue weighted by Gasteiger charge is 2.14. The van der Waals surface area contributed by atoms with Crippen molar-refractivity contribution in [2.75, 3.05) is 11.9 Å². The van der Waals surface area contributed by atoms with Gasteiger partial charge >= 0.3 is 0 Å². The Balaban J connectivity index is 2.73. The zero-order chi connectivity index (χ0) is 13.5. The second-order valence-corrected chi connectivity index (χ2v) is 3.60. The maximum Gasteiger partial charge on any atom is 0.293 e. The molecule has 7 heteroatoms. The number of hydrogen-bond acceptors (Lipinski definition) is 5. The van der Waals surface area contributed by atoms with Crippen molar-refractivity contribution >= 4 is 17.3 Å². The molecule has 0 aliphatic heterocycles. The smallest absolute Gasteiger partial charge is 0.293 e. The number of nitrogens with zero attached hydrogens (tertiary/aromatic N) is 2. The summed E-state index contributed by atoms with van der Waals surface area (Å²) in [6.45, 7) is 0.398. The van der Waals surface area contributed by atoms with Crippen LogP contribution in [0.4, 0.5) is 11.4 Å². The second kappa shape index (κ2) is 6.20. The van der Waals surface area contributed by atoms with E-state index in [1.165, 1.54) is 18.2 Å². The van der Waals surface area contributed by atoms with E-state index in [-0.39, 0.29) is 17.7 Å². The number of amides is 1. The predicted octanol–water partition coefficient (Wildman–Crippen LogP) is 1.14. The largest absolute Gasteiger partial charge is 0.379 e. The molecule has 0 bridgehead atoms. The highest BCUT2D eigenvalue weighted by molar-refractivity contribution is 5.73. The van der Waals surface area contributed by atoms with Gasteiger partial charge in [-0.25, -0.2) is 0 Å². The summed E-state index contributed by atoms with van der Waals surface area (Å²) in [6.07, 6.45) is 0.712. The first-order valence-corrected chi connectivity index (χ1v) is 5.25. The quantitative estimate of drug-likeness (QED) is 0.444. The molecule has 0 fully saturated rings. The lowest BCUT2D eigenvalue weighted by atomic mass is 10.2. The fourth-order valence-corrected chi connectivity index (χ4v) is 1.39. The van der Waals surface area contributed by atoms with Gasteiger partial charge < -0.3 is 11.1 Å². The first-order valence-electron chi connectivity index (χ1n) is 5.25. The number of carbonyl (C=O) groups is 1. The molecule has 1 aromatic rings. The van der Waals surface area contributed by atoms with Crippen molar-refractivity contribution in [2.45, 2.75) is 12.8 Å². The van der Waals surface area contributed by atoms with Crippen molar-refractivity contribution in [3.63, 3.8) is 0 Å². The minimum atomic E-state index is -0.558. The Morgan fingerprint density at radius 3 is 2.83 bits per heavy atom. The molecule has 0 saturated carbocycles. The number of nitro benzene ring substituents is 1. The molecule has 0 heterocycles. The van der Waals surface area contributed by atoms with E-state index in [1.54, 1.807) is 0 Å². The summed E-state index contributed by atoms with van der Waals surface area (Å²) in [5.74, 6) is -0.411. The minimum absolute atomic E-state index is 0.159. The third-order valence-electron chi connectivity index (χ3n) is 2.24. The first kappa shape index (κ1) is 13.4. The molecule has 3 N–H and O–H groups in total. The molecule has 0 unspecified atom stereocenters. The third kappa shape index (κ3) is 3.75. The van der Waals surface area contributed by atoms with E-state index in [0.717, 1.165) is 0 Å². The Morgan fingerprint density at radius 1 is 1.56 bits per heavy atom. The Bertz CT molecular complexity index is 508. The standard InChI is InChI=1S/C11H12N4O3/c12-7-8-3-4-9(10(6-8)15(17)18)14-5-1-2-11(13)16/h3-4,6,14H,1-2,5H2,(H2,13,16). The maximum absolute atomic E-state index is 10.8. The minimum Gasteiger partial charge on any atom is -0.379 e. The van der Waals surface area contributed by atoms with E-state index in [1.807, 2.05) is 6.07 Å². The molecule has 0 aromatic heterocycles. The normalized spacial score (nSPS) is 9.50. The molecule has 1 rings (SSSR count). The number of primary amides is 1. The summed E-state index contributed by atoms with van der Waals surface area (Å²) in [6, 6.07) is 6.01. The van der Waals surface area contributed by atoms with Crippen molar-refractivity contribution in [1.82, 2.24) is 0 Å². The number of carbonyl (C=O) groups excluding carboxylic acids is 1. The van der Waals surface area contributed by atoms with Crippen LogP contribution in [0.5, 0.6) is 0 Å². The van der Waals surface area contributed by atoms with Gasteiger partial charge in [-0.2, -0.15) is 5.26 Å². The highest BCUT2D eigenvalue weighted by Crippen LogP contribution is 2.25. The summed E-state index contributed by atoms with van der Waals surface area (Å²) in [5.41, 5.74) is 5.37. The summed E-state index contributed by atoms with van der Waals surface area (Å²) in [7, 11) is 0. The van der Waals surface area contributed by atoms with Crippen molar-refractivity contribution < 1.29 is 9.72 Å². The molecule has 18 heavy (non-hydrogen) atoms.